The van der Waals surface area contributed by atoms with Crippen LogP contribution in [0.4, 0.5) is 0 Å². The second kappa shape index (κ2) is 6.06. The van der Waals surface area contributed by atoms with E-state index in [2.05, 4.69) is 12.1 Å². The minimum atomic E-state index is -0.176. The van der Waals surface area contributed by atoms with Crippen LogP contribution in [0.15, 0.2) is 54.6 Å². The molecule has 17 heavy (non-hydrogen) atoms. The number of hydrogen-bond acceptors (Lipinski definition) is 1. The smallest absolute Gasteiger partial charge is 0.119 e. The van der Waals surface area contributed by atoms with E-state index >= 15 is 0 Å². The number of benzene rings is 2. The van der Waals surface area contributed by atoms with Crippen molar-refractivity contribution in [3.05, 3.63) is 65.7 Å². The van der Waals surface area contributed by atoms with Gasteiger partial charge in [-0.1, -0.05) is 42.5 Å². The summed E-state index contributed by atoms with van der Waals surface area (Å²) in [5.74, 6) is 0.818. The van der Waals surface area contributed by atoms with Crippen LogP contribution in [0.25, 0.3) is 0 Å². The van der Waals surface area contributed by atoms with Crippen LogP contribution in [-0.2, 0) is 18.1 Å². The Bertz CT molecular complexity index is 434. The van der Waals surface area contributed by atoms with Gasteiger partial charge in [0.1, 0.15) is 12.4 Å². The Hall–Kier alpha value is -1.80. The maximum absolute atomic E-state index is 10.6. The summed E-state index contributed by atoms with van der Waals surface area (Å²) in [6.45, 7) is 0.477. The van der Waals surface area contributed by atoms with Crippen molar-refractivity contribution in [3.63, 3.8) is 0 Å². The summed E-state index contributed by atoms with van der Waals surface area (Å²) < 4.78 is 5.61. The highest BCUT2D eigenvalue weighted by Crippen LogP contribution is 2.12. The lowest BCUT2D eigenvalue weighted by molar-refractivity contribution is 0.177. The minimum absolute atomic E-state index is 0.176. The predicted octanol–water partition coefficient (Wildman–Crippen LogP) is 3.24. The molecule has 2 rings (SSSR count). The minimum Gasteiger partial charge on any atom is -0.493 e. The van der Waals surface area contributed by atoms with Gasteiger partial charge in [0.25, 0.3) is 0 Å². The van der Waals surface area contributed by atoms with Gasteiger partial charge in [-0.25, -0.2) is 5.11 Å². The number of ether oxygens (including phenoxy) is 1. The van der Waals surface area contributed by atoms with Gasteiger partial charge in [-0.05, 0) is 23.3 Å². The Balaban J connectivity index is 1.82. The first-order valence-electron chi connectivity index (χ1n) is 5.72. The number of rotatable bonds is 5. The lowest BCUT2D eigenvalue weighted by atomic mass is 10.2. The zero-order valence-electron chi connectivity index (χ0n) is 9.63. The van der Waals surface area contributed by atoms with E-state index < -0.39 is 0 Å². The zero-order chi connectivity index (χ0) is 11.9. The first-order valence-corrected chi connectivity index (χ1v) is 5.72. The van der Waals surface area contributed by atoms with Gasteiger partial charge >= 0.3 is 0 Å². The molecule has 2 nitrogen and oxygen atoms in total. The molecule has 0 saturated heterocycles. The van der Waals surface area contributed by atoms with Crippen LogP contribution in [0.1, 0.15) is 11.1 Å². The molecule has 0 saturated carbocycles. The largest absolute Gasteiger partial charge is 0.493 e. The number of hydrogen-bond donors (Lipinski definition) is 0. The molecule has 0 aliphatic heterocycles. The van der Waals surface area contributed by atoms with Gasteiger partial charge in [0.2, 0.25) is 0 Å². The van der Waals surface area contributed by atoms with Gasteiger partial charge in [0, 0.05) is 6.42 Å². The van der Waals surface area contributed by atoms with Crippen LogP contribution in [0.5, 0.6) is 5.75 Å². The zero-order valence-corrected chi connectivity index (χ0v) is 9.63. The average Bonchev–Trinajstić information content (AvgIpc) is 2.41. The quantitative estimate of drug-likeness (QED) is 0.771. The molecule has 0 atom stereocenters. The molecule has 0 amide bonds. The molecular weight excluding hydrogens is 212 g/mol. The summed E-state index contributed by atoms with van der Waals surface area (Å²) in [6.07, 6.45) is 0.893. The monoisotopic (exact) mass is 227 g/mol. The molecule has 0 aliphatic carbocycles. The molecule has 0 heterocycles. The second-order valence-electron chi connectivity index (χ2n) is 3.87. The van der Waals surface area contributed by atoms with Crippen LogP contribution in [0.3, 0.4) is 0 Å². The van der Waals surface area contributed by atoms with Crippen LogP contribution in [-0.4, -0.2) is 6.61 Å². The Morgan fingerprint density at radius 1 is 0.824 bits per heavy atom. The van der Waals surface area contributed by atoms with E-state index in [1.165, 1.54) is 5.56 Å². The average molecular weight is 227 g/mol. The fourth-order valence-corrected chi connectivity index (χ4v) is 1.61. The summed E-state index contributed by atoms with van der Waals surface area (Å²) in [6, 6.07) is 17.5. The van der Waals surface area contributed by atoms with Gasteiger partial charge < -0.3 is 4.74 Å². The third-order valence-electron chi connectivity index (χ3n) is 2.59. The van der Waals surface area contributed by atoms with Crippen molar-refractivity contribution < 1.29 is 9.84 Å². The third-order valence-corrected chi connectivity index (χ3v) is 2.59. The topological polar surface area (TPSA) is 29.1 Å². The van der Waals surface area contributed by atoms with Crippen LogP contribution >= 0.6 is 0 Å². The molecule has 0 aromatic heterocycles. The Labute approximate surface area is 101 Å². The van der Waals surface area contributed by atoms with Crippen LogP contribution in [0.2, 0.25) is 0 Å². The van der Waals surface area contributed by atoms with Gasteiger partial charge in [-0.2, -0.15) is 0 Å². The van der Waals surface area contributed by atoms with E-state index in [0.717, 1.165) is 17.7 Å². The highest BCUT2D eigenvalue weighted by molar-refractivity contribution is 5.26. The van der Waals surface area contributed by atoms with E-state index in [0.29, 0.717) is 6.61 Å². The Morgan fingerprint density at radius 2 is 1.53 bits per heavy atom. The van der Waals surface area contributed by atoms with E-state index in [1.807, 2.05) is 42.5 Å². The first-order chi connectivity index (χ1) is 8.38. The second-order valence-corrected chi connectivity index (χ2v) is 3.87. The van der Waals surface area contributed by atoms with Crippen molar-refractivity contribution in [2.45, 2.75) is 13.0 Å². The molecule has 0 N–H and O–H groups in total. The summed E-state index contributed by atoms with van der Waals surface area (Å²) in [7, 11) is 0. The molecule has 0 bridgehead atoms. The van der Waals surface area contributed by atoms with Crippen molar-refractivity contribution in [3.8, 4) is 5.75 Å². The fourth-order valence-electron chi connectivity index (χ4n) is 1.61. The van der Waals surface area contributed by atoms with Crippen molar-refractivity contribution in [1.82, 2.24) is 0 Å². The van der Waals surface area contributed by atoms with Gasteiger partial charge in [-0.15, -0.1) is 0 Å². The molecule has 0 unspecified atom stereocenters. The van der Waals surface area contributed by atoms with Crippen molar-refractivity contribution in [2.75, 3.05) is 6.61 Å². The normalized spacial score (nSPS) is 10.2. The molecule has 0 fully saturated rings. The summed E-state index contributed by atoms with van der Waals surface area (Å²) in [5.41, 5.74) is 2.06. The van der Waals surface area contributed by atoms with Crippen molar-refractivity contribution >= 4 is 0 Å². The Morgan fingerprint density at radius 3 is 2.18 bits per heavy atom. The standard InChI is InChI=1S/C15H15O2/c16-12-14-6-8-15(9-7-14)17-11-10-13-4-2-1-3-5-13/h1-9H,10-12H2. The van der Waals surface area contributed by atoms with E-state index in [4.69, 9.17) is 4.74 Å². The molecule has 2 aromatic rings. The van der Waals surface area contributed by atoms with Gasteiger partial charge in [-0.3, -0.25) is 0 Å². The molecule has 2 heteroatoms. The van der Waals surface area contributed by atoms with Gasteiger partial charge in [0.15, 0.2) is 0 Å². The highest BCUT2D eigenvalue weighted by atomic mass is 16.5. The van der Waals surface area contributed by atoms with Crippen molar-refractivity contribution in [2.24, 2.45) is 0 Å². The van der Waals surface area contributed by atoms with E-state index in [1.54, 1.807) is 0 Å². The Kier molecular flexibility index (Phi) is 4.17. The molecular formula is C15H15O2. The maximum atomic E-state index is 10.6. The molecule has 1 radical (unpaired) electrons. The molecule has 2 aromatic carbocycles. The molecule has 87 valence electrons. The van der Waals surface area contributed by atoms with Crippen LogP contribution in [0, 0.1) is 0 Å². The maximum Gasteiger partial charge on any atom is 0.119 e. The first kappa shape index (κ1) is 11.7. The lowest BCUT2D eigenvalue weighted by Gasteiger charge is -2.06. The van der Waals surface area contributed by atoms with Crippen molar-refractivity contribution in [1.29, 1.82) is 0 Å². The van der Waals surface area contributed by atoms with Gasteiger partial charge in [0.05, 0.1) is 6.61 Å². The summed E-state index contributed by atoms with van der Waals surface area (Å²) >= 11 is 0. The predicted molar refractivity (Wildman–Crippen MR) is 66.5 cm³/mol. The van der Waals surface area contributed by atoms with E-state index in [-0.39, 0.29) is 6.61 Å². The molecule has 0 aliphatic rings. The lowest BCUT2D eigenvalue weighted by Crippen LogP contribution is -2.01. The summed E-state index contributed by atoms with van der Waals surface area (Å²) in [5, 5.41) is 10.6. The SMILES string of the molecule is [O]Cc1ccc(OCCc2ccccc2)cc1. The van der Waals surface area contributed by atoms with E-state index in [9.17, 15) is 5.11 Å². The third kappa shape index (κ3) is 3.61. The summed E-state index contributed by atoms with van der Waals surface area (Å²) in [4.78, 5) is 0. The van der Waals surface area contributed by atoms with Crippen LogP contribution < -0.4 is 4.74 Å². The fraction of sp³-hybridized carbons (Fsp3) is 0.200. The highest BCUT2D eigenvalue weighted by Gasteiger charge is 1.96. The molecule has 0 spiro atoms.